The van der Waals surface area contributed by atoms with Gasteiger partial charge in [-0.05, 0) is 135 Å². The molecule has 1 amide bonds. The van der Waals surface area contributed by atoms with E-state index in [1.54, 1.807) is 0 Å². The van der Waals surface area contributed by atoms with E-state index in [0.717, 1.165) is 61.2 Å². The number of hydrogen-bond donors (Lipinski definition) is 1. The Balaban J connectivity index is 1.09. The number of ketones is 1. The van der Waals surface area contributed by atoms with Gasteiger partial charge in [-0.2, -0.15) is 0 Å². The molecule has 0 radical (unpaired) electrons. The van der Waals surface area contributed by atoms with Crippen LogP contribution in [0.1, 0.15) is 97.3 Å². The van der Waals surface area contributed by atoms with E-state index in [4.69, 9.17) is 0 Å². The topological polar surface area (TPSA) is 46.2 Å². The molecule has 0 saturated heterocycles. The number of carbonyl (C=O) groups is 2. The van der Waals surface area contributed by atoms with Crippen molar-refractivity contribution in [1.82, 2.24) is 5.32 Å². The highest BCUT2D eigenvalue weighted by Gasteiger charge is 2.60. The van der Waals surface area contributed by atoms with Crippen LogP contribution in [-0.4, -0.2) is 17.7 Å². The number of rotatable bonds is 2. The molecule has 0 heterocycles. The molecule has 7 fully saturated rings. The summed E-state index contributed by atoms with van der Waals surface area (Å²) < 4.78 is 0. The minimum atomic E-state index is 0.180. The van der Waals surface area contributed by atoms with E-state index in [2.05, 4.69) is 19.2 Å². The summed E-state index contributed by atoms with van der Waals surface area (Å²) in [6, 6.07) is 0.477. The lowest BCUT2D eigenvalue weighted by atomic mass is 9.47. The number of fused-ring (bicyclic) bond motifs is 5. The Hall–Kier alpha value is -1.12. The van der Waals surface area contributed by atoms with Crippen LogP contribution < -0.4 is 5.32 Å². The summed E-state index contributed by atoms with van der Waals surface area (Å²) in [5.74, 6) is 6.61. The smallest absolute Gasteiger partial charge is 0.223 e. The monoisotopic (exact) mass is 449 g/mol. The Morgan fingerprint density at radius 2 is 1.61 bits per heavy atom. The quantitative estimate of drug-likeness (QED) is 0.556. The van der Waals surface area contributed by atoms with Crippen LogP contribution in [0.25, 0.3) is 0 Å². The van der Waals surface area contributed by atoms with E-state index >= 15 is 0 Å². The molecule has 180 valence electrons. The first-order valence-electron chi connectivity index (χ1n) is 14.4. The fraction of sp³-hybridized carbons (Fsp3) is 0.867. The highest BCUT2D eigenvalue weighted by molar-refractivity contribution is 5.91. The summed E-state index contributed by atoms with van der Waals surface area (Å²) in [4.78, 5) is 25.9. The van der Waals surface area contributed by atoms with Crippen LogP contribution in [0.15, 0.2) is 11.6 Å². The van der Waals surface area contributed by atoms with Gasteiger partial charge in [-0.25, -0.2) is 0 Å². The second-order valence-corrected chi connectivity index (χ2v) is 14.1. The minimum Gasteiger partial charge on any atom is -0.353 e. The first-order chi connectivity index (χ1) is 15.8. The fourth-order valence-electron chi connectivity index (χ4n) is 11.4. The molecule has 0 spiro atoms. The molecule has 3 heteroatoms. The normalized spacial score (nSPS) is 54.3. The molecule has 0 aliphatic heterocycles. The molecule has 1 N–H and O–H groups in total. The van der Waals surface area contributed by atoms with Gasteiger partial charge in [0, 0.05) is 18.4 Å². The van der Waals surface area contributed by atoms with Crippen LogP contribution in [0, 0.1) is 58.2 Å². The summed E-state index contributed by atoms with van der Waals surface area (Å²) in [7, 11) is 0. The van der Waals surface area contributed by atoms with Crippen molar-refractivity contribution in [1.29, 1.82) is 0 Å². The van der Waals surface area contributed by atoms with Crippen LogP contribution in [0.3, 0.4) is 0 Å². The van der Waals surface area contributed by atoms with Gasteiger partial charge in [0.25, 0.3) is 0 Å². The zero-order valence-corrected chi connectivity index (χ0v) is 20.8. The number of carbonyl (C=O) groups excluding carboxylic acids is 2. The van der Waals surface area contributed by atoms with Crippen molar-refractivity contribution < 1.29 is 9.59 Å². The number of hydrogen-bond acceptors (Lipinski definition) is 2. The molecule has 7 saturated carbocycles. The van der Waals surface area contributed by atoms with Gasteiger partial charge in [-0.1, -0.05) is 19.4 Å². The Bertz CT molecular complexity index is 877. The van der Waals surface area contributed by atoms with Gasteiger partial charge in [0.2, 0.25) is 5.91 Å². The van der Waals surface area contributed by atoms with Gasteiger partial charge < -0.3 is 5.32 Å². The number of amides is 1. The molecule has 0 aromatic carbocycles. The molecule has 8 rings (SSSR count). The summed E-state index contributed by atoms with van der Waals surface area (Å²) in [5.41, 5.74) is 1.87. The van der Waals surface area contributed by atoms with Crippen LogP contribution in [0.5, 0.6) is 0 Å². The second kappa shape index (κ2) is 7.20. The van der Waals surface area contributed by atoms with Gasteiger partial charge in [0.15, 0.2) is 5.78 Å². The maximum Gasteiger partial charge on any atom is 0.223 e. The van der Waals surface area contributed by atoms with Crippen molar-refractivity contribution in [2.75, 3.05) is 0 Å². The molecule has 1 unspecified atom stereocenters. The largest absolute Gasteiger partial charge is 0.353 e. The molecule has 0 aromatic rings. The highest BCUT2D eigenvalue weighted by Crippen LogP contribution is 2.66. The first-order valence-corrected chi connectivity index (χ1v) is 14.4. The molecule has 33 heavy (non-hydrogen) atoms. The lowest BCUT2D eigenvalue weighted by Crippen LogP contribution is -2.58. The molecule has 8 aliphatic rings. The van der Waals surface area contributed by atoms with E-state index in [0.29, 0.717) is 23.7 Å². The molecular formula is C30H43NO2. The van der Waals surface area contributed by atoms with E-state index < -0.39 is 0 Å². The van der Waals surface area contributed by atoms with Crippen LogP contribution >= 0.6 is 0 Å². The number of nitrogens with one attached hydrogen (secondary N) is 1. The van der Waals surface area contributed by atoms with Crippen molar-refractivity contribution >= 4 is 11.7 Å². The lowest BCUT2D eigenvalue weighted by molar-refractivity contribution is -0.136. The third-order valence-electron chi connectivity index (χ3n) is 12.8. The minimum absolute atomic E-state index is 0.180. The van der Waals surface area contributed by atoms with Crippen LogP contribution in [-0.2, 0) is 9.59 Å². The lowest BCUT2D eigenvalue weighted by Gasteiger charge is -2.58. The average Bonchev–Trinajstić information content (AvgIpc) is 3.13. The number of allylic oxidation sites excluding steroid dienone is 1. The Morgan fingerprint density at radius 1 is 0.879 bits per heavy atom. The first kappa shape index (κ1) is 21.2. The summed E-state index contributed by atoms with van der Waals surface area (Å²) >= 11 is 0. The van der Waals surface area contributed by atoms with Gasteiger partial charge in [-0.15, -0.1) is 0 Å². The zero-order chi connectivity index (χ0) is 22.5. The molecule has 3 nitrogen and oxygen atoms in total. The van der Waals surface area contributed by atoms with Crippen molar-refractivity contribution in [2.24, 2.45) is 58.2 Å². The SMILES string of the molecule is C[C@]12CCC(=O)C=C1CC[C@@H]1[C@H]2CC[C@]2(C)C(C(=O)NC3C4CC5CC(C4)CC3C5)CC[C@@H]12. The second-order valence-electron chi connectivity index (χ2n) is 14.1. The molecular weight excluding hydrogens is 406 g/mol. The van der Waals surface area contributed by atoms with Crippen LogP contribution in [0.4, 0.5) is 0 Å². The van der Waals surface area contributed by atoms with Gasteiger partial charge in [-0.3, -0.25) is 9.59 Å². The highest BCUT2D eigenvalue weighted by atomic mass is 16.2. The maximum atomic E-state index is 13.8. The summed E-state index contributed by atoms with van der Waals surface area (Å²) in [6.07, 6.45) is 17.9. The third kappa shape index (κ3) is 2.99. The maximum absolute atomic E-state index is 13.8. The molecule has 6 atom stereocenters. The average molecular weight is 450 g/mol. The fourth-order valence-corrected chi connectivity index (χ4v) is 11.4. The Labute approximate surface area is 199 Å². The van der Waals surface area contributed by atoms with Crippen molar-refractivity contribution in [3.63, 3.8) is 0 Å². The summed E-state index contributed by atoms with van der Waals surface area (Å²) in [6.45, 7) is 4.95. The van der Waals surface area contributed by atoms with Crippen molar-refractivity contribution in [3.8, 4) is 0 Å². The van der Waals surface area contributed by atoms with Gasteiger partial charge in [0.05, 0.1) is 0 Å². The molecule has 4 bridgehead atoms. The third-order valence-corrected chi connectivity index (χ3v) is 12.8. The van der Waals surface area contributed by atoms with Crippen LogP contribution in [0.2, 0.25) is 0 Å². The van der Waals surface area contributed by atoms with Gasteiger partial charge in [0.1, 0.15) is 0 Å². The predicted molar refractivity (Wildman–Crippen MR) is 129 cm³/mol. The molecule has 0 aromatic heterocycles. The van der Waals surface area contributed by atoms with E-state index in [1.807, 2.05) is 6.08 Å². The van der Waals surface area contributed by atoms with Crippen molar-refractivity contribution in [3.05, 3.63) is 11.6 Å². The Kier molecular flexibility index (Phi) is 4.62. The van der Waals surface area contributed by atoms with E-state index in [9.17, 15) is 9.59 Å². The molecule has 8 aliphatic carbocycles. The summed E-state index contributed by atoms with van der Waals surface area (Å²) in [5, 5.41) is 3.71. The van der Waals surface area contributed by atoms with E-state index in [-0.39, 0.29) is 16.7 Å². The van der Waals surface area contributed by atoms with Crippen molar-refractivity contribution in [2.45, 2.75) is 103 Å². The standard InChI is InChI=1S/C30H43NO2/c1-29-9-7-22(32)16-21(29)3-4-23-24-5-6-26(30(24,2)10-8-25(23)29)28(33)31-27-19-12-17-11-18(14-19)15-20(27)13-17/h16-20,23-27H,3-15H2,1-2H3,(H,31,33)/t17?,18?,19?,20?,23-,24-,25+,26?,27?,29-,30-/m0/s1. The zero-order valence-electron chi connectivity index (χ0n) is 20.8. The van der Waals surface area contributed by atoms with Gasteiger partial charge >= 0.3 is 0 Å². The Morgan fingerprint density at radius 3 is 2.33 bits per heavy atom. The van der Waals surface area contributed by atoms with E-state index in [1.165, 1.54) is 63.4 Å². The predicted octanol–water partition coefficient (Wildman–Crippen LogP) is 6.08.